The van der Waals surface area contributed by atoms with Crippen LogP contribution in [0.5, 0.6) is 0 Å². The number of hydrogen-bond donors (Lipinski definition) is 10. The van der Waals surface area contributed by atoms with Gasteiger partial charge in [-0.15, -0.1) is 0 Å². The molecule has 1 aliphatic rings. The van der Waals surface area contributed by atoms with Gasteiger partial charge in [-0.1, -0.05) is 26.7 Å². The number of carboxylic acid groups (broad SMARTS) is 1. The molecule has 1 heterocycles. The van der Waals surface area contributed by atoms with Crippen LogP contribution in [-0.2, 0) is 28.8 Å². The summed E-state index contributed by atoms with van der Waals surface area (Å²) in [4.78, 5) is 82.6. The summed E-state index contributed by atoms with van der Waals surface area (Å²) in [6, 6.07) is -6.25. The molecule has 0 aromatic heterocycles. The van der Waals surface area contributed by atoms with Crippen LogP contribution in [0, 0.1) is 5.92 Å². The Morgan fingerprint density at radius 1 is 0.915 bits per heavy atom. The maximum absolute atomic E-state index is 13.6. The molecule has 0 unspecified atom stereocenters. The number of guanidine groups is 1. The summed E-state index contributed by atoms with van der Waals surface area (Å²) in [6.07, 6.45) is 3.42. The topological polar surface area (TPSA) is 290 Å². The molecule has 1 rings (SSSR count). The Bertz CT molecular complexity index is 1110. The van der Waals surface area contributed by atoms with E-state index < -0.39 is 71.8 Å². The van der Waals surface area contributed by atoms with E-state index in [1.807, 2.05) is 6.92 Å². The van der Waals surface area contributed by atoms with Crippen LogP contribution >= 0.6 is 12.6 Å². The predicted octanol–water partition coefficient (Wildman–Crippen LogP) is -2.49. The van der Waals surface area contributed by atoms with Crippen LogP contribution in [0.4, 0.5) is 0 Å². The Morgan fingerprint density at radius 3 is 2.13 bits per heavy atom. The first-order valence-corrected chi connectivity index (χ1v) is 16.7. The lowest BCUT2D eigenvalue weighted by molar-refractivity contribution is -0.149. The van der Waals surface area contributed by atoms with E-state index in [1.165, 1.54) is 11.8 Å². The van der Waals surface area contributed by atoms with E-state index in [1.54, 1.807) is 6.92 Å². The minimum Gasteiger partial charge on any atom is -0.480 e. The van der Waals surface area contributed by atoms with Crippen molar-refractivity contribution in [1.29, 1.82) is 0 Å². The Morgan fingerprint density at radius 2 is 1.55 bits per heavy atom. The van der Waals surface area contributed by atoms with Gasteiger partial charge in [0.15, 0.2) is 5.96 Å². The number of carbonyl (C=O) groups excluding carboxylic acids is 5. The third-order valence-electron chi connectivity index (χ3n) is 8.04. The highest BCUT2D eigenvalue weighted by atomic mass is 32.1. The van der Waals surface area contributed by atoms with E-state index in [-0.39, 0.29) is 43.6 Å². The molecule has 17 nitrogen and oxygen atoms in total. The fraction of sp³-hybridized carbons (Fsp3) is 0.759. The Balaban J connectivity index is 3.08. The van der Waals surface area contributed by atoms with Crippen LogP contribution in [0.15, 0.2) is 4.99 Å². The van der Waals surface area contributed by atoms with Gasteiger partial charge in [0.05, 0.1) is 6.04 Å². The lowest BCUT2D eigenvalue weighted by Gasteiger charge is -2.29. The number of aliphatic imine (C=N–C) groups is 1. The highest BCUT2D eigenvalue weighted by Crippen LogP contribution is 2.18. The summed E-state index contributed by atoms with van der Waals surface area (Å²) < 4.78 is 0. The summed E-state index contributed by atoms with van der Waals surface area (Å²) in [5.74, 6) is -4.82. The smallest absolute Gasteiger partial charge is 0.326 e. The van der Waals surface area contributed by atoms with Crippen molar-refractivity contribution < 1.29 is 33.9 Å². The number of amides is 5. The van der Waals surface area contributed by atoms with Crippen LogP contribution in [-0.4, -0.2) is 113 Å². The van der Waals surface area contributed by atoms with Crippen molar-refractivity contribution in [3.8, 4) is 0 Å². The minimum atomic E-state index is -1.16. The van der Waals surface area contributed by atoms with Gasteiger partial charge in [0.1, 0.15) is 30.2 Å². The van der Waals surface area contributed by atoms with Crippen LogP contribution in [0.25, 0.3) is 0 Å². The molecular formula is C29H54N10O7S. The van der Waals surface area contributed by atoms with E-state index >= 15 is 0 Å². The lowest BCUT2D eigenvalue weighted by atomic mass is 9.97. The first-order chi connectivity index (χ1) is 22.2. The van der Waals surface area contributed by atoms with Crippen LogP contribution in [0.1, 0.15) is 72.1 Å². The second-order valence-electron chi connectivity index (χ2n) is 11.8. The van der Waals surface area contributed by atoms with Crippen molar-refractivity contribution in [2.45, 2.75) is 108 Å². The number of hydrogen-bond acceptors (Lipinski definition) is 10. The molecule has 0 spiro atoms. The largest absolute Gasteiger partial charge is 0.480 e. The van der Waals surface area contributed by atoms with Crippen LogP contribution < -0.4 is 44.2 Å². The highest BCUT2D eigenvalue weighted by Gasteiger charge is 2.37. The standard InChI is InChI=1S/C29H54N10O7S/c1-4-16(2)22(38-25(42)20(15-47)37-23(40)18(31)9-5-6-12-30)26(43)36-19(10-7-13-34-29(32)33)24(41)35-17(3)27(44)39-14-8-11-21(39)28(45)46/h16-22,47H,4-15,30-31H2,1-3H3,(H,35,41)(H,36,43)(H,37,40)(H,38,42)(H,45,46)(H4,32,33,34)/t16-,17-,18-,19-,20-,21-,22-/m0/s1. The highest BCUT2D eigenvalue weighted by molar-refractivity contribution is 7.80. The summed E-state index contributed by atoms with van der Waals surface area (Å²) in [6.45, 7) is 5.89. The van der Waals surface area contributed by atoms with Gasteiger partial charge in [-0.25, -0.2) is 4.79 Å². The number of rotatable bonds is 21. The third kappa shape index (κ3) is 13.9. The fourth-order valence-corrected chi connectivity index (χ4v) is 5.27. The monoisotopic (exact) mass is 686 g/mol. The Labute approximate surface area is 281 Å². The van der Waals surface area contributed by atoms with Gasteiger partial charge in [-0.3, -0.25) is 29.0 Å². The number of carbonyl (C=O) groups is 6. The maximum Gasteiger partial charge on any atom is 0.326 e. The molecule has 0 aliphatic carbocycles. The van der Waals surface area contributed by atoms with Crippen LogP contribution in [0.2, 0.25) is 0 Å². The molecule has 13 N–H and O–H groups in total. The molecular weight excluding hydrogens is 632 g/mol. The average molecular weight is 687 g/mol. The van der Waals surface area contributed by atoms with Crippen molar-refractivity contribution in [3.63, 3.8) is 0 Å². The number of unbranched alkanes of at least 4 members (excludes halogenated alkanes) is 1. The van der Waals surface area contributed by atoms with Gasteiger partial charge >= 0.3 is 5.97 Å². The fourth-order valence-electron chi connectivity index (χ4n) is 5.01. The third-order valence-corrected chi connectivity index (χ3v) is 8.41. The molecule has 5 amide bonds. The molecule has 0 aromatic carbocycles. The zero-order valence-electron chi connectivity index (χ0n) is 27.6. The molecule has 47 heavy (non-hydrogen) atoms. The van der Waals surface area contributed by atoms with Crippen molar-refractivity contribution >= 4 is 54.1 Å². The minimum absolute atomic E-state index is 0.0660. The SMILES string of the molecule is CC[C@H](C)[C@H](NC(=O)[C@H](CS)NC(=O)[C@@H](N)CCCCN)C(=O)N[C@@H](CCCN=C(N)N)C(=O)N[C@@H](C)C(=O)N1CCC[C@H]1C(=O)O. The average Bonchev–Trinajstić information content (AvgIpc) is 3.53. The number of carboxylic acids is 1. The Kier molecular flexibility index (Phi) is 18.7. The summed E-state index contributed by atoms with van der Waals surface area (Å²) in [7, 11) is 0. The molecule has 268 valence electrons. The van der Waals surface area contributed by atoms with Crippen molar-refractivity contribution in [2.24, 2.45) is 33.8 Å². The molecule has 0 saturated carbocycles. The normalized spacial score (nSPS) is 18.1. The van der Waals surface area contributed by atoms with Gasteiger partial charge in [0.25, 0.3) is 0 Å². The van der Waals surface area contributed by atoms with E-state index in [4.69, 9.17) is 22.9 Å². The predicted molar refractivity (Wildman–Crippen MR) is 180 cm³/mol. The lowest BCUT2D eigenvalue weighted by Crippen LogP contribution is -2.60. The molecule has 18 heteroatoms. The molecule has 0 bridgehead atoms. The van der Waals surface area contributed by atoms with E-state index in [0.717, 1.165) is 0 Å². The van der Waals surface area contributed by atoms with Gasteiger partial charge in [0, 0.05) is 18.8 Å². The van der Waals surface area contributed by atoms with E-state index in [0.29, 0.717) is 45.1 Å². The molecule has 7 atom stereocenters. The molecule has 0 radical (unpaired) electrons. The summed E-state index contributed by atoms with van der Waals surface area (Å²) in [5.41, 5.74) is 22.2. The first-order valence-electron chi connectivity index (χ1n) is 16.0. The van der Waals surface area contributed by atoms with Gasteiger partial charge < -0.3 is 54.2 Å². The first kappa shape index (κ1) is 41.4. The number of nitrogens with zero attached hydrogens (tertiary/aromatic N) is 2. The number of likely N-dealkylation sites (tertiary alicyclic amines) is 1. The molecule has 1 aliphatic heterocycles. The number of aliphatic carboxylic acids is 1. The van der Waals surface area contributed by atoms with Gasteiger partial charge in [0.2, 0.25) is 29.5 Å². The van der Waals surface area contributed by atoms with Gasteiger partial charge in [-0.2, -0.15) is 12.6 Å². The zero-order valence-corrected chi connectivity index (χ0v) is 28.5. The zero-order chi connectivity index (χ0) is 35.7. The van der Waals surface area contributed by atoms with Gasteiger partial charge in [-0.05, 0) is 57.9 Å². The summed E-state index contributed by atoms with van der Waals surface area (Å²) >= 11 is 4.20. The molecule has 1 saturated heterocycles. The quantitative estimate of drug-likeness (QED) is 0.0261. The maximum atomic E-state index is 13.6. The molecule has 0 aromatic rings. The second-order valence-corrected chi connectivity index (χ2v) is 12.1. The molecule has 1 fully saturated rings. The number of nitrogens with one attached hydrogen (secondary N) is 4. The van der Waals surface area contributed by atoms with Crippen molar-refractivity contribution in [1.82, 2.24) is 26.2 Å². The Hall–Kier alpha value is -3.64. The summed E-state index contributed by atoms with van der Waals surface area (Å²) in [5, 5.41) is 20.0. The second kappa shape index (κ2) is 21.3. The van der Waals surface area contributed by atoms with E-state index in [9.17, 15) is 33.9 Å². The number of thiol groups is 1. The number of nitrogens with two attached hydrogens (primary N) is 4. The van der Waals surface area contributed by atoms with E-state index in [2.05, 4.69) is 38.9 Å². The van der Waals surface area contributed by atoms with Crippen molar-refractivity contribution in [3.05, 3.63) is 0 Å². The van der Waals surface area contributed by atoms with Crippen molar-refractivity contribution in [2.75, 3.05) is 25.4 Å². The van der Waals surface area contributed by atoms with Crippen LogP contribution in [0.3, 0.4) is 0 Å².